The molecule has 2 heterocycles. The molecule has 0 amide bonds. The number of aliphatic hydroxyl groups is 1. The summed E-state index contributed by atoms with van der Waals surface area (Å²) in [6.07, 6.45) is 3.22. The SMILES string of the molecule is Cc1ccc2c(C(O)CN3CCCCC3)c(C)n(-c3ccc(C#N)cc3)c2c1. The first-order valence-electron chi connectivity index (χ1n) is 10.1. The lowest BCUT2D eigenvalue weighted by molar-refractivity contribution is 0.102. The molecule has 1 unspecified atom stereocenters. The number of benzene rings is 2. The smallest absolute Gasteiger partial charge is 0.0991 e. The molecule has 1 N–H and O–H groups in total. The average molecular weight is 374 g/mol. The highest BCUT2D eigenvalue weighted by atomic mass is 16.3. The van der Waals surface area contributed by atoms with Gasteiger partial charge in [-0.3, -0.25) is 0 Å². The van der Waals surface area contributed by atoms with Gasteiger partial charge in [0.15, 0.2) is 0 Å². The summed E-state index contributed by atoms with van der Waals surface area (Å²) in [6, 6.07) is 16.3. The minimum absolute atomic E-state index is 0.511. The van der Waals surface area contributed by atoms with E-state index in [1.165, 1.54) is 24.8 Å². The summed E-state index contributed by atoms with van der Waals surface area (Å²) in [5.74, 6) is 0. The van der Waals surface area contributed by atoms with E-state index in [1.807, 2.05) is 24.3 Å². The van der Waals surface area contributed by atoms with Crippen LogP contribution >= 0.6 is 0 Å². The van der Waals surface area contributed by atoms with Gasteiger partial charge in [0.05, 0.1) is 23.3 Å². The van der Waals surface area contributed by atoms with Gasteiger partial charge in [0.2, 0.25) is 0 Å². The molecule has 3 aromatic rings. The van der Waals surface area contributed by atoms with E-state index >= 15 is 0 Å². The lowest BCUT2D eigenvalue weighted by Crippen LogP contribution is -2.33. The zero-order valence-corrected chi connectivity index (χ0v) is 16.7. The van der Waals surface area contributed by atoms with E-state index in [1.54, 1.807) is 0 Å². The van der Waals surface area contributed by atoms with E-state index in [2.05, 4.69) is 47.6 Å². The number of fused-ring (bicyclic) bond motifs is 1. The molecule has 0 aliphatic carbocycles. The Morgan fingerprint density at radius 2 is 1.75 bits per heavy atom. The zero-order chi connectivity index (χ0) is 19.7. The molecule has 1 aliphatic heterocycles. The molecule has 28 heavy (non-hydrogen) atoms. The summed E-state index contributed by atoms with van der Waals surface area (Å²) in [7, 11) is 0. The number of aromatic nitrogens is 1. The van der Waals surface area contributed by atoms with Gasteiger partial charge in [0, 0.05) is 28.9 Å². The number of nitriles is 1. The van der Waals surface area contributed by atoms with Gasteiger partial charge in [0.1, 0.15) is 0 Å². The standard InChI is InChI=1S/C24H27N3O/c1-17-6-11-21-22(14-17)27(20-9-7-19(15-25)8-10-20)18(2)24(21)23(28)16-26-12-4-3-5-13-26/h6-11,14,23,28H,3-5,12-13,16H2,1-2H3. The number of likely N-dealkylation sites (tertiary alicyclic amines) is 1. The van der Waals surface area contributed by atoms with Crippen LogP contribution in [0.15, 0.2) is 42.5 Å². The third kappa shape index (κ3) is 3.44. The molecule has 1 fully saturated rings. The lowest BCUT2D eigenvalue weighted by Gasteiger charge is -2.28. The van der Waals surface area contributed by atoms with Crippen molar-refractivity contribution in [2.75, 3.05) is 19.6 Å². The second kappa shape index (κ2) is 7.79. The molecule has 144 valence electrons. The van der Waals surface area contributed by atoms with Crippen molar-refractivity contribution in [1.29, 1.82) is 5.26 Å². The number of piperidine rings is 1. The predicted molar refractivity (Wildman–Crippen MR) is 113 cm³/mol. The van der Waals surface area contributed by atoms with Crippen LogP contribution in [0.1, 0.15) is 47.8 Å². The number of hydrogen-bond acceptors (Lipinski definition) is 3. The maximum Gasteiger partial charge on any atom is 0.0991 e. The second-order valence-corrected chi connectivity index (χ2v) is 7.89. The molecule has 1 saturated heterocycles. The molecule has 0 spiro atoms. The Bertz CT molecular complexity index is 1020. The number of nitrogens with zero attached hydrogens (tertiary/aromatic N) is 3. The average Bonchev–Trinajstić information content (AvgIpc) is 3.00. The molecule has 1 atom stereocenters. The third-order valence-electron chi connectivity index (χ3n) is 5.88. The Labute approximate surface area is 166 Å². The van der Waals surface area contributed by atoms with Gasteiger partial charge < -0.3 is 14.6 Å². The number of aliphatic hydroxyl groups excluding tert-OH is 1. The summed E-state index contributed by atoms with van der Waals surface area (Å²) < 4.78 is 2.21. The highest BCUT2D eigenvalue weighted by Gasteiger charge is 2.23. The van der Waals surface area contributed by atoms with Crippen LogP contribution in [0.25, 0.3) is 16.6 Å². The summed E-state index contributed by atoms with van der Waals surface area (Å²) in [6.45, 7) is 7.01. The van der Waals surface area contributed by atoms with Crippen LogP contribution in [0.4, 0.5) is 0 Å². The minimum Gasteiger partial charge on any atom is -0.387 e. The van der Waals surface area contributed by atoms with Gasteiger partial charge in [-0.25, -0.2) is 0 Å². The summed E-state index contributed by atoms with van der Waals surface area (Å²) in [4.78, 5) is 2.38. The van der Waals surface area contributed by atoms with Crippen molar-refractivity contribution < 1.29 is 5.11 Å². The van der Waals surface area contributed by atoms with Crippen LogP contribution < -0.4 is 0 Å². The Balaban J connectivity index is 1.80. The molecule has 2 aromatic carbocycles. The molecule has 0 saturated carbocycles. The van der Waals surface area contributed by atoms with E-state index in [9.17, 15) is 5.11 Å². The summed E-state index contributed by atoms with van der Waals surface area (Å²) in [5.41, 5.74) is 6.05. The molecule has 4 rings (SSSR count). The molecule has 1 aromatic heterocycles. The number of β-amino-alcohol motifs (C(OH)–C–C–N with tert-alkyl or cyclic N) is 1. The first-order chi connectivity index (χ1) is 13.6. The first kappa shape index (κ1) is 18.7. The molecule has 0 bridgehead atoms. The molecule has 1 aliphatic rings. The molecule has 0 radical (unpaired) electrons. The van der Waals surface area contributed by atoms with Crippen molar-refractivity contribution in [3.05, 3.63) is 64.8 Å². The fourth-order valence-electron chi connectivity index (χ4n) is 4.47. The van der Waals surface area contributed by atoms with E-state index in [0.29, 0.717) is 12.1 Å². The van der Waals surface area contributed by atoms with Gasteiger partial charge in [-0.2, -0.15) is 5.26 Å². The molecule has 4 heteroatoms. The van der Waals surface area contributed by atoms with Crippen LogP contribution in [0.5, 0.6) is 0 Å². The molecule has 4 nitrogen and oxygen atoms in total. The lowest BCUT2D eigenvalue weighted by atomic mass is 10.0. The monoisotopic (exact) mass is 373 g/mol. The Kier molecular flexibility index (Phi) is 5.21. The predicted octanol–water partition coefficient (Wildman–Crippen LogP) is 4.64. The first-order valence-corrected chi connectivity index (χ1v) is 10.1. The Morgan fingerprint density at radius 3 is 2.43 bits per heavy atom. The van der Waals surface area contributed by atoms with Gasteiger partial charge in [-0.15, -0.1) is 0 Å². The van der Waals surface area contributed by atoms with E-state index in [-0.39, 0.29) is 0 Å². The van der Waals surface area contributed by atoms with Crippen molar-refractivity contribution in [2.45, 2.75) is 39.2 Å². The van der Waals surface area contributed by atoms with Crippen molar-refractivity contribution in [3.8, 4) is 11.8 Å². The quantitative estimate of drug-likeness (QED) is 0.725. The fraction of sp³-hybridized carbons (Fsp3) is 0.375. The maximum absolute atomic E-state index is 11.2. The highest BCUT2D eigenvalue weighted by Crippen LogP contribution is 2.34. The third-order valence-corrected chi connectivity index (χ3v) is 5.88. The van der Waals surface area contributed by atoms with Crippen molar-refractivity contribution in [3.63, 3.8) is 0 Å². The van der Waals surface area contributed by atoms with E-state index in [4.69, 9.17) is 5.26 Å². The largest absolute Gasteiger partial charge is 0.387 e. The van der Waals surface area contributed by atoms with Crippen LogP contribution in [0, 0.1) is 25.2 Å². The highest BCUT2D eigenvalue weighted by molar-refractivity contribution is 5.88. The van der Waals surface area contributed by atoms with Crippen LogP contribution in [-0.2, 0) is 0 Å². The minimum atomic E-state index is -0.511. The van der Waals surface area contributed by atoms with E-state index < -0.39 is 6.10 Å². The number of aryl methyl sites for hydroxylation is 1. The number of rotatable bonds is 4. The fourth-order valence-corrected chi connectivity index (χ4v) is 4.47. The number of hydrogen-bond donors (Lipinski definition) is 1. The maximum atomic E-state index is 11.2. The summed E-state index contributed by atoms with van der Waals surface area (Å²) in [5, 5.41) is 21.4. The van der Waals surface area contributed by atoms with Crippen LogP contribution in [0.3, 0.4) is 0 Å². The zero-order valence-electron chi connectivity index (χ0n) is 16.7. The van der Waals surface area contributed by atoms with Crippen molar-refractivity contribution in [2.24, 2.45) is 0 Å². The van der Waals surface area contributed by atoms with Crippen molar-refractivity contribution in [1.82, 2.24) is 9.47 Å². The van der Waals surface area contributed by atoms with E-state index in [0.717, 1.165) is 40.9 Å². The normalized spacial score (nSPS) is 16.2. The van der Waals surface area contributed by atoms with Crippen LogP contribution in [0.2, 0.25) is 0 Å². The van der Waals surface area contributed by atoms with Gasteiger partial charge in [-0.05, 0) is 75.7 Å². The Morgan fingerprint density at radius 1 is 1.04 bits per heavy atom. The van der Waals surface area contributed by atoms with Gasteiger partial charge in [0.25, 0.3) is 0 Å². The second-order valence-electron chi connectivity index (χ2n) is 7.89. The molecular weight excluding hydrogens is 346 g/mol. The Hall–Kier alpha value is -2.61. The summed E-state index contributed by atoms with van der Waals surface area (Å²) >= 11 is 0. The van der Waals surface area contributed by atoms with Crippen molar-refractivity contribution >= 4 is 10.9 Å². The van der Waals surface area contributed by atoms with Crippen LogP contribution in [-0.4, -0.2) is 34.2 Å². The van der Waals surface area contributed by atoms with Gasteiger partial charge in [-0.1, -0.05) is 18.6 Å². The topological polar surface area (TPSA) is 52.2 Å². The van der Waals surface area contributed by atoms with Gasteiger partial charge >= 0.3 is 0 Å². The molecular formula is C24H27N3O.